The standard InChI is InChI=1S/C10H10Cl2F2N2O/c11-6-1-2-7(8(12)3-6)9(17)16-5-10(13,14)4-15/h1-3H,4-5,15H2,(H,16,17). The topological polar surface area (TPSA) is 55.1 Å². The number of carbonyl (C=O) groups excluding carboxylic acids is 1. The molecule has 0 atom stereocenters. The SMILES string of the molecule is NCC(F)(F)CNC(=O)c1ccc(Cl)cc1Cl. The molecular weight excluding hydrogens is 273 g/mol. The van der Waals surface area contributed by atoms with E-state index in [0.717, 1.165) is 0 Å². The van der Waals surface area contributed by atoms with Crippen LogP contribution >= 0.6 is 23.2 Å². The van der Waals surface area contributed by atoms with Crippen LogP contribution in [0.25, 0.3) is 0 Å². The Labute approximate surface area is 107 Å². The van der Waals surface area contributed by atoms with Gasteiger partial charge >= 0.3 is 0 Å². The highest BCUT2D eigenvalue weighted by molar-refractivity contribution is 6.36. The van der Waals surface area contributed by atoms with Gasteiger partial charge in [0.15, 0.2) is 0 Å². The number of rotatable bonds is 4. The van der Waals surface area contributed by atoms with E-state index >= 15 is 0 Å². The molecule has 0 bridgehead atoms. The first-order valence-corrected chi connectivity index (χ1v) is 5.42. The predicted octanol–water partition coefficient (Wildman–Crippen LogP) is 2.32. The van der Waals surface area contributed by atoms with Crippen molar-refractivity contribution < 1.29 is 13.6 Å². The van der Waals surface area contributed by atoms with E-state index in [1.54, 1.807) is 0 Å². The third-order valence-corrected chi connectivity index (χ3v) is 2.53. The van der Waals surface area contributed by atoms with E-state index in [1.807, 2.05) is 0 Å². The summed E-state index contributed by atoms with van der Waals surface area (Å²) in [6.45, 7) is -1.66. The molecule has 3 nitrogen and oxygen atoms in total. The van der Waals surface area contributed by atoms with Crippen molar-refractivity contribution in [2.24, 2.45) is 5.73 Å². The number of nitrogens with two attached hydrogens (primary N) is 1. The predicted molar refractivity (Wildman–Crippen MR) is 62.8 cm³/mol. The Bertz CT molecular complexity index is 427. The summed E-state index contributed by atoms with van der Waals surface area (Å²) in [5.74, 6) is -3.83. The fourth-order valence-corrected chi connectivity index (χ4v) is 1.54. The van der Waals surface area contributed by atoms with Crippen LogP contribution in [0.15, 0.2) is 18.2 Å². The van der Waals surface area contributed by atoms with Crippen LogP contribution in [0.4, 0.5) is 8.78 Å². The first-order valence-electron chi connectivity index (χ1n) is 4.67. The molecule has 94 valence electrons. The highest BCUT2D eigenvalue weighted by Gasteiger charge is 2.27. The quantitative estimate of drug-likeness (QED) is 0.891. The Balaban J connectivity index is 2.71. The number of carbonyl (C=O) groups is 1. The maximum Gasteiger partial charge on any atom is 0.277 e. The van der Waals surface area contributed by atoms with Gasteiger partial charge in [-0.15, -0.1) is 0 Å². The number of hydrogen-bond donors (Lipinski definition) is 2. The van der Waals surface area contributed by atoms with Gasteiger partial charge in [-0.2, -0.15) is 0 Å². The Kier molecular flexibility index (Phi) is 4.68. The van der Waals surface area contributed by atoms with Gasteiger partial charge in [-0.1, -0.05) is 23.2 Å². The second kappa shape index (κ2) is 5.62. The molecule has 0 aliphatic heterocycles. The fourth-order valence-electron chi connectivity index (χ4n) is 1.05. The van der Waals surface area contributed by atoms with E-state index in [1.165, 1.54) is 18.2 Å². The molecule has 1 amide bonds. The number of alkyl halides is 2. The van der Waals surface area contributed by atoms with Crippen LogP contribution in [-0.4, -0.2) is 24.9 Å². The Morgan fingerprint density at radius 2 is 2.06 bits per heavy atom. The largest absolute Gasteiger partial charge is 0.346 e. The summed E-state index contributed by atoms with van der Waals surface area (Å²) in [5.41, 5.74) is 4.92. The van der Waals surface area contributed by atoms with E-state index in [4.69, 9.17) is 28.9 Å². The molecule has 0 saturated carbocycles. The molecule has 7 heteroatoms. The molecule has 3 N–H and O–H groups in total. The van der Waals surface area contributed by atoms with Gasteiger partial charge in [0, 0.05) is 5.02 Å². The van der Waals surface area contributed by atoms with E-state index in [0.29, 0.717) is 5.02 Å². The normalized spacial score (nSPS) is 11.4. The van der Waals surface area contributed by atoms with Crippen molar-refractivity contribution in [3.63, 3.8) is 0 Å². The monoisotopic (exact) mass is 282 g/mol. The first kappa shape index (κ1) is 14.2. The molecule has 0 heterocycles. The molecule has 0 radical (unpaired) electrons. The van der Waals surface area contributed by atoms with Crippen LogP contribution in [0.1, 0.15) is 10.4 Å². The Morgan fingerprint density at radius 3 is 2.59 bits per heavy atom. The molecular formula is C10H10Cl2F2N2O. The summed E-state index contributed by atoms with van der Waals surface area (Å²) in [4.78, 5) is 11.5. The number of benzene rings is 1. The molecule has 1 rings (SSSR count). The molecule has 0 aliphatic carbocycles. The van der Waals surface area contributed by atoms with Gasteiger partial charge in [-0.05, 0) is 18.2 Å². The average molecular weight is 283 g/mol. The Hall–Kier alpha value is -0.910. The van der Waals surface area contributed by atoms with Gasteiger partial charge in [0.25, 0.3) is 11.8 Å². The zero-order chi connectivity index (χ0) is 13.1. The van der Waals surface area contributed by atoms with Gasteiger partial charge in [-0.25, -0.2) is 8.78 Å². The van der Waals surface area contributed by atoms with Crippen LogP contribution < -0.4 is 11.1 Å². The van der Waals surface area contributed by atoms with Crippen molar-refractivity contribution in [1.82, 2.24) is 5.32 Å². The van der Waals surface area contributed by atoms with Crippen LogP contribution in [0.3, 0.4) is 0 Å². The van der Waals surface area contributed by atoms with Crippen molar-refractivity contribution in [3.05, 3.63) is 33.8 Å². The van der Waals surface area contributed by atoms with Gasteiger partial charge in [-0.3, -0.25) is 4.79 Å². The zero-order valence-electron chi connectivity index (χ0n) is 8.64. The second-order valence-corrected chi connectivity index (χ2v) is 4.21. The molecule has 0 spiro atoms. The minimum Gasteiger partial charge on any atom is -0.346 e. The summed E-state index contributed by atoms with van der Waals surface area (Å²) in [6, 6.07) is 4.17. The molecule has 0 fully saturated rings. The first-order chi connectivity index (χ1) is 7.85. The maximum absolute atomic E-state index is 12.8. The van der Waals surface area contributed by atoms with Gasteiger partial charge in [0.2, 0.25) is 0 Å². The zero-order valence-corrected chi connectivity index (χ0v) is 10.2. The van der Waals surface area contributed by atoms with Crippen LogP contribution in [0, 0.1) is 0 Å². The summed E-state index contributed by atoms with van der Waals surface area (Å²) in [5, 5.41) is 2.52. The van der Waals surface area contributed by atoms with Gasteiger partial charge in [0.1, 0.15) is 0 Å². The second-order valence-electron chi connectivity index (χ2n) is 3.37. The van der Waals surface area contributed by atoms with Crippen molar-refractivity contribution in [3.8, 4) is 0 Å². The molecule has 0 aliphatic rings. The number of nitrogens with one attached hydrogen (secondary N) is 1. The molecule has 0 aromatic heterocycles. The van der Waals surface area contributed by atoms with E-state index in [9.17, 15) is 13.6 Å². The third-order valence-electron chi connectivity index (χ3n) is 1.98. The van der Waals surface area contributed by atoms with Crippen molar-refractivity contribution >= 4 is 29.1 Å². The molecule has 17 heavy (non-hydrogen) atoms. The van der Waals surface area contributed by atoms with E-state index in [-0.39, 0.29) is 10.6 Å². The summed E-state index contributed by atoms with van der Waals surface area (Å²) in [6.07, 6.45) is 0. The minimum absolute atomic E-state index is 0.0869. The molecule has 0 unspecified atom stereocenters. The van der Waals surface area contributed by atoms with Gasteiger partial charge in [0.05, 0.1) is 23.7 Å². The number of amides is 1. The summed E-state index contributed by atoms with van der Waals surface area (Å²) < 4.78 is 25.6. The highest BCUT2D eigenvalue weighted by atomic mass is 35.5. The lowest BCUT2D eigenvalue weighted by atomic mass is 10.2. The number of hydrogen-bond acceptors (Lipinski definition) is 2. The molecule has 1 aromatic rings. The highest BCUT2D eigenvalue weighted by Crippen LogP contribution is 2.21. The van der Waals surface area contributed by atoms with Crippen LogP contribution in [0.5, 0.6) is 0 Å². The lowest BCUT2D eigenvalue weighted by Gasteiger charge is -2.14. The minimum atomic E-state index is -3.13. The Morgan fingerprint density at radius 1 is 1.41 bits per heavy atom. The number of halogens is 4. The third kappa shape index (κ3) is 4.11. The maximum atomic E-state index is 12.8. The van der Waals surface area contributed by atoms with Crippen molar-refractivity contribution in [1.29, 1.82) is 0 Å². The van der Waals surface area contributed by atoms with Crippen molar-refractivity contribution in [2.45, 2.75) is 5.92 Å². The smallest absolute Gasteiger partial charge is 0.277 e. The van der Waals surface area contributed by atoms with Crippen LogP contribution in [-0.2, 0) is 0 Å². The van der Waals surface area contributed by atoms with E-state index in [2.05, 4.69) is 5.32 Å². The van der Waals surface area contributed by atoms with Crippen molar-refractivity contribution in [2.75, 3.05) is 13.1 Å². The lowest BCUT2D eigenvalue weighted by molar-refractivity contribution is 0.0118. The molecule has 0 saturated heterocycles. The van der Waals surface area contributed by atoms with Gasteiger partial charge < -0.3 is 11.1 Å². The van der Waals surface area contributed by atoms with E-state index < -0.39 is 24.9 Å². The lowest BCUT2D eigenvalue weighted by Crippen LogP contribution is -2.41. The molecule has 1 aromatic carbocycles. The average Bonchev–Trinajstić information content (AvgIpc) is 2.26. The fraction of sp³-hybridized carbons (Fsp3) is 0.300. The summed E-state index contributed by atoms with van der Waals surface area (Å²) in [7, 11) is 0. The summed E-state index contributed by atoms with van der Waals surface area (Å²) >= 11 is 11.4. The van der Waals surface area contributed by atoms with Crippen LogP contribution in [0.2, 0.25) is 10.0 Å².